The Labute approximate surface area is 793 Å². The molecule has 11 aromatic rings. The van der Waals surface area contributed by atoms with Crippen molar-refractivity contribution in [2.24, 2.45) is 0 Å². The summed E-state index contributed by atoms with van der Waals surface area (Å²) in [6.07, 6.45) is 6.14. The average molecular weight is 1970 g/mol. The van der Waals surface area contributed by atoms with Crippen molar-refractivity contribution in [2.45, 2.75) is 86.3 Å². The first-order valence-corrected chi connectivity index (χ1v) is 44.0. The minimum absolute atomic E-state index is 0.00786. The van der Waals surface area contributed by atoms with Crippen LogP contribution in [0.25, 0.3) is 85.1 Å². The number of carbonyl (C=O) groups excluding carboxylic acids is 3. The van der Waals surface area contributed by atoms with Gasteiger partial charge in [0.2, 0.25) is 17.7 Å². The fourth-order valence-corrected chi connectivity index (χ4v) is 18.7. The van der Waals surface area contributed by atoms with Gasteiger partial charge in [0.25, 0.3) is 11.1 Å². The first-order valence-electron chi connectivity index (χ1n) is 41.7. The van der Waals surface area contributed by atoms with Crippen LogP contribution in [0.15, 0.2) is 82.6 Å². The van der Waals surface area contributed by atoms with Gasteiger partial charge in [0.15, 0.2) is 58.6 Å². The summed E-state index contributed by atoms with van der Waals surface area (Å²) in [7, 11) is 0. The van der Waals surface area contributed by atoms with E-state index in [9.17, 15) is 44.1 Å². The van der Waals surface area contributed by atoms with E-state index in [1.807, 2.05) is 19.9 Å². The Kier molecular flexibility index (Phi) is 26.6. The van der Waals surface area contributed by atoms with E-state index < -0.39 is 180 Å². The van der Waals surface area contributed by atoms with Gasteiger partial charge in [-0.15, -0.1) is 0 Å². The van der Waals surface area contributed by atoms with Gasteiger partial charge in [0.05, 0.1) is 123 Å². The normalized spacial score (nSPS) is 15.0. The third-order valence-corrected chi connectivity index (χ3v) is 25.8. The molecule has 0 aliphatic carbocycles. The lowest BCUT2D eigenvalue weighted by atomic mass is 9.94. The van der Waals surface area contributed by atoms with Crippen molar-refractivity contribution in [1.29, 1.82) is 15.8 Å². The Balaban J connectivity index is 0.738. The van der Waals surface area contributed by atoms with Crippen LogP contribution in [0.2, 0.25) is 30.1 Å². The molecule has 12 heterocycles. The zero-order chi connectivity index (χ0) is 97.9. The molecule has 15 rings (SSSR count). The molecule has 0 bridgehead atoms. The second-order valence-corrected chi connectivity index (χ2v) is 35.5. The second kappa shape index (κ2) is 37.4. The minimum Gasteiger partial charge on any atom is -0.397 e. The van der Waals surface area contributed by atoms with Gasteiger partial charge in [-0.25, -0.2) is 54.5 Å². The van der Waals surface area contributed by atoms with Crippen LogP contribution in [0.4, 0.5) is 79.5 Å². The van der Waals surface area contributed by atoms with Gasteiger partial charge in [-0.3, -0.25) is 53.0 Å². The molecule has 0 saturated carbocycles. The molecular formula is C93H76Cl6F9N21O6. The molecule has 4 aliphatic rings. The number of hydrogen-bond acceptors (Lipinski definition) is 22. The summed E-state index contributed by atoms with van der Waals surface area (Å²) < 4.78 is 142. The third-order valence-electron chi connectivity index (χ3n) is 23.9. The van der Waals surface area contributed by atoms with Crippen molar-refractivity contribution in [2.75, 3.05) is 110 Å². The van der Waals surface area contributed by atoms with Gasteiger partial charge in [-0.05, 0) is 110 Å². The average Bonchev–Trinajstić information content (AvgIpc) is 0.726. The number of aliphatic hydroxyl groups is 1. The molecule has 0 spiro atoms. The molecule has 42 heteroatoms. The Hall–Kier alpha value is -13.5. The van der Waals surface area contributed by atoms with Crippen LogP contribution >= 0.6 is 69.6 Å². The number of aryl methyl sites for hydroxylation is 3. The monoisotopic (exact) mass is 1960 g/mol. The maximum absolute atomic E-state index is 16.6. The number of carbonyl (C=O) groups is 3. The number of halogens is 15. The highest BCUT2D eigenvalue weighted by Gasteiger charge is 2.43. The molecule has 135 heavy (non-hydrogen) atoms. The topological polar surface area (TPSA) is 365 Å². The first-order chi connectivity index (χ1) is 64.0. The molecule has 3 saturated heterocycles. The van der Waals surface area contributed by atoms with Crippen LogP contribution < -0.4 is 43.0 Å². The zero-order valence-electron chi connectivity index (χ0n) is 72.9. The van der Waals surface area contributed by atoms with Crippen molar-refractivity contribution in [3.63, 3.8) is 0 Å². The molecule has 3 amide bonds. The third kappa shape index (κ3) is 16.5. The van der Waals surface area contributed by atoms with Crippen LogP contribution in [0.1, 0.15) is 121 Å². The highest BCUT2D eigenvalue weighted by molar-refractivity contribution is 6.39. The number of fused-ring (bicyclic) bond motifs is 3. The highest BCUT2D eigenvalue weighted by atomic mass is 35.5. The number of rotatable bonds is 17. The number of nitrogens with two attached hydrogens (primary N) is 3. The van der Waals surface area contributed by atoms with Crippen molar-refractivity contribution in [3.05, 3.63) is 238 Å². The number of aliphatic hydroxyl groups excluding tert-OH is 1. The molecular weight excluding hydrogens is 1890 g/mol. The predicted octanol–water partition coefficient (Wildman–Crippen LogP) is 17.4. The molecule has 4 aliphatic heterocycles. The van der Waals surface area contributed by atoms with Gasteiger partial charge in [-0.1, -0.05) is 118 Å². The molecule has 7 N–H and O–H groups in total. The van der Waals surface area contributed by atoms with E-state index in [1.54, 1.807) is 75.3 Å². The Morgan fingerprint density at radius 3 is 1.35 bits per heavy atom. The number of benzene rings is 3. The van der Waals surface area contributed by atoms with Gasteiger partial charge in [0.1, 0.15) is 72.8 Å². The summed E-state index contributed by atoms with van der Waals surface area (Å²) in [6, 6.07) is 14.7. The largest absolute Gasteiger partial charge is 0.397 e. The summed E-state index contributed by atoms with van der Waals surface area (Å²) in [5, 5.41) is 41.6. The van der Waals surface area contributed by atoms with E-state index in [2.05, 4.69) is 33.7 Å². The molecule has 1 unspecified atom stereocenters. The van der Waals surface area contributed by atoms with Gasteiger partial charge >= 0.3 is 0 Å². The summed E-state index contributed by atoms with van der Waals surface area (Å²) in [5.74, 6) is -19.0. The molecule has 694 valence electrons. The zero-order valence-corrected chi connectivity index (χ0v) is 77.4. The summed E-state index contributed by atoms with van der Waals surface area (Å²) in [6.45, 7) is 19.2. The number of piperazine rings is 3. The van der Waals surface area contributed by atoms with Gasteiger partial charge in [0, 0.05) is 113 Å². The number of pyridine rings is 8. The van der Waals surface area contributed by atoms with Crippen LogP contribution in [0.3, 0.4) is 0 Å². The fraction of sp³-hybridized carbons (Fsp3) is 0.269. The number of amides is 3. The fourth-order valence-electron chi connectivity index (χ4n) is 17.4. The van der Waals surface area contributed by atoms with E-state index in [0.29, 0.717) is 22.4 Å². The van der Waals surface area contributed by atoms with E-state index in [1.165, 1.54) is 74.4 Å². The summed E-state index contributed by atoms with van der Waals surface area (Å²) >= 11 is 39.4. The van der Waals surface area contributed by atoms with Crippen LogP contribution in [-0.4, -0.2) is 166 Å². The Bertz CT molecular complexity index is 7290. The molecule has 8 aromatic heterocycles. The smallest absolute Gasteiger partial charge is 0.276 e. The Morgan fingerprint density at radius 1 is 0.467 bits per heavy atom. The quantitative estimate of drug-likeness (QED) is 0.0216. The maximum Gasteiger partial charge on any atom is 0.276 e. The predicted molar refractivity (Wildman–Crippen MR) is 499 cm³/mol. The number of nitrogens with zero attached hydrogens (tertiary/aromatic N) is 18. The summed E-state index contributed by atoms with van der Waals surface area (Å²) in [5.41, 5.74) is 9.82. The number of nitriles is 3. The van der Waals surface area contributed by atoms with E-state index >= 15 is 40.3 Å². The van der Waals surface area contributed by atoms with Gasteiger partial charge in [-0.2, -0.15) is 15.8 Å². The molecule has 27 nitrogen and oxygen atoms in total. The summed E-state index contributed by atoms with van der Waals surface area (Å²) in [4.78, 5) is 112. The second-order valence-electron chi connectivity index (χ2n) is 33.1. The van der Waals surface area contributed by atoms with Crippen molar-refractivity contribution in [3.8, 4) is 63.4 Å². The lowest BCUT2D eigenvalue weighted by molar-refractivity contribution is -0.127. The standard InChI is InChI=1S/C93H76Cl6F9N21O6/c1-11-55(130)121-18-24-124(25-19-121)85-46-32-52(94)79(58-64(100)62(98)69(105)75(114)67(58)103)118-88(46)128(92(134)50(85)36-110)83-42(9)30-44(116-77(83)39(4)5)12-14-57(132)123-22-28-126(29-23-123)87-48-33-53(95)80(59-65(101)61(97)68(104)63(99)73(59)112)119-90(48)129(93(135)51(87)37-111)84-43(10)31-45(117-78(84)40(6)7)13-15-56(131)122-20-26-125(27-21-122)86-47-34-54(96)81(60-66(102)70(106)71(107)72(108)74(60)113)120-89(47)127(91(133)49(86)35-109)82-41(8)16-17-115-76(82)38(2)3/h11-17,30-34,38-40,91,133H,1,18-29,112-114H2,2-10H3/b14-12-,15-13-. The maximum atomic E-state index is 16.6. The van der Waals surface area contributed by atoms with Crippen LogP contribution in [-0.2, 0) is 14.4 Å². The minimum atomic E-state index is -2.20. The first kappa shape index (κ1) is 96.1. The molecule has 0 radical (unpaired) electrons. The van der Waals surface area contributed by atoms with Crippen molar-refractivity contribution < 1.29 is 59.0 Å². The van der Waals surface area contributed by atoms with Crippen LogP contribution in [0.5, 0.6) is 0 Å². The molecule has 3 aromatic carbocycles. The highest BCUT2D eigenvalue weighted by Crippen LogP contribution is 2.52. The Morgan fingerprint density at radius 2 is 0.889 bits per heavy atom. The van der Waals surface area contributed by atoms with Crippen molar-refractivity contribution in [1.82, 2.24) is 58.6 Å². The number of aromatic nitrogens is 8. The SMILES string of the molecule is C=CC(=O)N1CCN(c2c(C#N)c(=O)n(-c3c(C)cc(/C=C\C(=O)N4CCN(c5c(C#N)c(=O)n(-c6c(C)cc(/C=C\C(=O)N7CCN(C8=C(C#N)C(O)N(c9c(C)ccnc9C(C)C)c9nc(-c%10c(N)c(F)c(F)c(F)c%10F)c(Cl)cc98)CC7)nc6C(C)C)c6nc(-c7c(N)c(Cl)c(F)c(Cl)c7F)c(Cl)cc56)CC4)nc3C(C)C)c3nc(-c4c(F)c(N)c(F)c(Cl)c4F)c(Cl)cc23)CC1. The lowest BCUT2D eigenvalue weighted by Gasteiger charge is -2.43. The van der Waals surface area contributed by atoms with E-state index in [-0.39, 0.29) is 191 Å². The van der Waals surface area contributed by atoms with E-state index in [4.69, 9.17) is 102 Å². The van der Waals surface area contributed by atoms with E-state index in [0.717, 1.165) is 15.2 Å². The number of anilines is 7. The molecule has 3 fully saturated rings. The van der Waals surface area contributed by atoms with Crippen molar-refractivity contribution >= 4 is 167 Å². The van der Waals surface area contributed by atoms with Crippen LogP contribution in [0, 0.1) is 107 Å². The molecule has 1 atom stereocenters. The van der Waals surface area contributed by atoms with Gasteiger partial charge < -0.3 is 51.7 Å². The lowest BCUT2D eigenvalue weighted by Crippen LogP contribution is -2.49. The number of nitrogen functional groups attached to an aromatic ring is 3. The number of hydrogen-bond donors (Lipinski definition) is 4.